The Balaban J connectivity index is 1.39. The first-order chi connectivity index (χ1) is 19.9. The molecule has 3 amide bonds. The van der Waals surface area contributed by atoms with E-state index in [1.807, 2.05) is 42.6 Å². The number of methoxy groups -OCH3 is 2. The van der Waals surface area contributed by atoms with Crippen molar-refractivity contribution in [2.75, 3.05) is 24.9 Å². The van der Waals surface area contributed by atoms with Gasteiger partial charge in [0.15, 0.2) is 0 Å². The molecule has 3 aromatic carbocycles. The number of anilines is 2. The van der Waals surface area contributed by atoms with E-state index in [2.05, 4.69) is 16.0 Å². The Morgan fingerprint density at radius 3 is 2.29 bits per heavy atom. The number of benzene rings is 3. The maximum absolute atomic E-state index is 13.2. The lowest BCUT2D eigenvalue weighted by Gasteiger charge is -2.15. The fourth-order valence-corrected chi connectivity index (χ4v) is 5.19. The fourth-order valence-electron chi connectivity index (χ4n) is 3.67. The molecule has 0 saturated heterocycles. The Kier molecular flexibility index (Phi) is 10.2. The summed E-state index contributed by atoms with van der Waals surface area (Å²) in [5, 5.41) is 9.95. The molecule has 1 heterocycles. The highest BCUT2D eigenvalue weighted by atomic mass is 32.2. The van der Waals surface area contributed by atoms with Gasteiger partial charge in [-0.05, 0) is 73.0 Å². The number of carbonyl (C=O) groups excluding carboxylic acids is 3. The number of thiophene rings is 1. The van der Waals surface area contributed by atoms with Gasteiger partial charge >= 0.3 is 0 Å². The quantitative estimate of drug-likeness (QED) is 0.141. The van der Waals surface area contributed by atoms with E-state index in [4.69, 9.17) is 9.47 Å². The maximum Gasteiger partial charge on any atom is 0.272 e. The van der Waals surface area contributed by atoms with Crippen LogP contribution in [0.15, 0.2) is 101 Å². The van der Waals surface area contributed by atoms with Crippen molar-refractivity contribution < 1.29 is 23.9 Å². The first-order valence-corrected chi connectivity index (χ1v) is 14.3. The summed E-state index contributed by atoms with van der Waals surface area (Å²) in [5.74, 6) is 0.108. The summed E-state index contributed by atoms with van der Waals surface area (Å²) >= 11 is 2.83. The molecule has 41 heavy (non-hydrogen) atoms. The van der Waals surface area contributed by atoms with Gasteiger partial charge in [0.05, 0.1) is 25.2 Å². The third-order valence-electron chi connectivity index (χ3n) is 5.82. The predicted octanol–water partition coefficient (Wildman–Crippen LogP) is 6.29. The van der Waals surface area contributed by atoms with Crippen LogP contribution in [0.5, 0.6) is 11.5 Å². The molecule has 1 unspecified atom stereocenters. The van der Waals surface area contributed by atoms with Crippen molar-refractivity contribution in [1.82, 2.24) is 5.32 Å². The molecule has 0 aliphatic rings. The van der Waals surface area contributed by atoms with Crippen molar-refractivity contribution in [1.29, 1.82) is 0 Å². The van der Waals surface area contributed by atoms with Crippen LogP contribution in [0.4, 0.5) is 11.4 Å². The van der Waals surface area contributed by atoms with Gasteiger partial charge < -0.3 is 25.4 Å². The van der Waals surface area contributed by atoms with E-state index in [1.54, 1.807) is 67.8 Å². The van der Waals surface area contributed by atoms with Gasteiger partial charge in [0.25, 0.3) is 11.8 Å². The van der Waals surface area contributed by atoms with Crippen LogP contribution in [0.1, 0.15) is 22.2 Å². The van der Waals surface area contributed by atoms with E-state index >= 15 is 0 Å². The van der Waals surface area contributed by atoms with E-state index in [-0.39, 0.29) is 17.5 Å². The Morgan fingerprint density at radius 2 is 1.63 bits per heavy atom. The molecule has 3 N–H and O–H groups in total. The van der Waals surface area contributed by atoms with Crippen molar-refractivity contribution in [2.45, 2.75) is 17.1 Å². The van der Waals surface area contributed by atoms with Crippen LogP contribution < -0.4 is 25.4 Å². The Bertz CT molecular complexity index is 1520. The van der Waals surface area contributed by atoms with E-state index in [0.29, 0.717) is 28.4 Å². The average molecular weight is 588 g/mol. The second kappa shape index (κ2) is 14.2. The zero-order valence-corrected chi connectivity index (χ0v) is 24.3. The Labute approximate surface area is 246 Å². The molecule has 0 radical (unpaired) electrons. The molecular formula is C31H29N3O5S2. The Morgan fingerprint density at radius 1 is 0.878 bits per heavy atom. The van der Waals surface area contributed by atoms with E-state index < -0.39 is 11.2 Å². The molecular weight excluding hydrogens is 558 g/mol. The highest BCUT2D eigenvalue weighted by Crippen LogP contribution is 2.31. The zero-order valence-electron chi connectivity index (χ0n) is 22.7. The molecule has 0 bridgehead atoms. The van der Waals surface area contributed by atoms with Gasteiger partial charge in [-0.1, -0.05) is 24.3 Å². The van der Waals surface area contributed by atoms with Crippen LogP contribution in [0, 0.1) is 0 Å². The first kappa shape index (κ1) is 29.4. The summed E-state index contributed by atoms with van der Waals surface area (Å²) in [6.07, 6.45) is 1.64. The second-order valence-electron chi connectivity index (χ2n) is 8.69. The molecule has 210 valence electrons. The Hall–Kier alpha value is -4.54. The minimum absolute atomic E-state index is 0.124. The molecule has 4 rings (SSSR count). The van der Waals surface area contributed by atoms with Gasteiger partial charge in [-0.2, -0.15) is 0 Å². The van der Waals surface area contributed by atoms with E-state index in [0.717, 1.165) is 9.77 Å². The molecule has 0 saturated carbocycles. The second-order valence-corrected chi connectivity index (χ2v) is 11.1. The lowest BCUT2D eigenvalue weighted by molar-refractivity contribution is -0.115. The van der Waals surface area contributed by atoms with Gasteiger partial charge in [-0.15, -0.1) is 23.1 Å². The number of rotatable bonds is 11. The maximum atomic E-state index is 13.2. The van der Waals surface area contributed by atoms with Crippen molar-refractivity contribution in [3.05, 3.63) is 106 Å². The number of nitrogens with one attached hydrogen (secondary N) is 3. The molecule has 1 atom stereocenters. The van der Waals surface area contributed by atoms with Crippen molar-refractivity contribution in [3.8, 4) is 11.5 Å². The summed E-state index contributed by atoms with van der Waals surface area (Å²) in [5.41, 5.74) is 1.67. The predicted molar refractivity (Wildman–Crippen MR) is 165 cm³/mol. The van der Waals surface area contributed by atoms with Crippen LogP contribution in [0.3, 0.4) is 0 Å². The number of ether oxygens (including phenoxy) is 2. The van der Waals surface area contributed by atoms with Gasteiger partial charge in [0.2, 0.25) is 5.91 Å². The van der Waals surface area contributed by atoms with Gasteiger partial charge in [0.1, 0.15) is 17.2 Å². The standard InChI is InChI=1S/C31H29N3O5S2/c1-20(29(35)33-26-16-13-23(38-2)18-28(26)39-3)41-24-14-11-22(12-15-24)32-31(37)27(19-25-10-7-17-40-25)34-30(36)21-8-5-4-6-9-21/h4-20H,1-3H3,(H,32,37)(H,33,35)(H,34,36)/b27-19-. The number of hydrogen-bond donors (Lipinski definition) is 3. The summed E-state index contributed by atoms with van der Waals surface area (Å²) < 4.78 is 10.6. The lowest BCUT2D eigenvalue weighted by atomic mass is 10.2. The van der Waals surface area contributed by atoms with Crippen LogP contribution in [-0.4, -0.2) is 37.2 Å². The largest absolute Gasteiger partial charge is 0.497 e. The third kappa shape index (κ3) is 8.23. The van der Waals surface area contributed by atoms with Gasteiger partial charge in [-0.25, -0.2) is 0 Å². The molecule has 0 aliphatic carbocycles. The SMILES string of the molecule is COc1ccc(NC(=O)C(C)Sc2ccc(NC(=O)/C(=C/c3cccs3)NC(=O)c3ccccc3)cc2)c(OC)c1. The topological polar surface area (TPSA) is 106 Å². The first-order valence-electron chi connectivity index (χ1n) is 12.6. The van der Waals surface area contributed by atoms with Gasteiger partial charge in [-0.3, -0.25) is 14.4 Å². The van der Waals surface area contributed by atoms with Crippen molar-refractivity contribution >= 4 is 58.3 Å². The van der Waals surface area contributed by atoms with Crippen LogP contribution in [-0.2, 0) is 9.59 Å². The normalized spacial score (nSPS) is 11.7. The van der Waals surface area contributed by atoms with Crippen LogP contribution in [0.2, 0.25) is 0 Å². The number of carbonyl (C=O) groups is 3. The van der Waals surface area contributed by atoms with E-state index in [1.165, 1.54) is 30.2 Å². The number of amides is 3. The number of thioether (sulfide) groups is 1. The minimum atomic E-state index is -0.454. The monoisotopic (exact) mass is 587 g/mol. The molecule has 8 nitrogen and oxygen atoms in total. The summed E-state index contributed by atoms with van der Waals surface area (Å²) in [7, 11) is 3.09. The minimum Gasteiger partial charge on any atom is -0.497 e. The van der Waals surface area contributed by atoms with E-state index in [9.17, 15) is 14.4 Å². The summed E-state index contributed by atoms with van der Waals surface area (Å²) in [6.45, 7) is 1.81. The van der Waals surface area contributed by atoms with Crippen LogP contribution >= 0.6 is 23.1 Å². The smallest absolute Gasteiger partial charge is 0.272 e. The molecule has 0 aliphatic heterocycles. The fraction of sp³-hybridized carbons (Fsp3) is 0.129. The van der Waals surface area contributed by atoms with Crippen molar-refractivity contribution in [3.63, 3.8) is 0 Å². The van der Waals surface area contributed by atoms with Gasteiger partial charge in [0, 0.05) is 27.1 Å². The summed E-state index contributed by atoms with van der Waals surface area (Å²) in [4.78, 5) is 40.4. The zero-order chi connectivity index (χ0) is 29.2. The summed E-state index contributed by atoms with van der Waals surface area (Å²) in [6, 6.07) is 24.8. The average Bonchev–Trinajstić information content (AvgIpc) is 3.51. The highest BCUT2D eigenvalue weighted by Gasteiger charge is 2.18. The molecule has 4 aromatic rings. The molecule has 10 heteroatoms. The van der Waals surface area contributed by atoms with Crippen LogP contribution in [0.25, 0.3) is 6.08 Å². The molecule has 0 fully saturated rings. The third-order valence-corrected chi connectivity index (χ3v) is 7.75. The molecule has 1 aromatic heterocycles. The lowest BCUT2D eigenvalue weighted by Crippen LogP contribution is -2.30. The highest BCUT2D eigenvalue weighted by molar-refractivity contribution is 8.00. The van der Waals surface area contributed by atoms with Crippen molar-refractivity contribution in [2.24, 2.45) is 0 Å². The number of hydrogen-bond acceptors (Lipinski definition) is 7. The molecule has 0 spiro atoms.